The highest BCUT2D eigenvalue weighted by Gasteiger charge is 2.44. The Morgan fingerprint density at radius 3 is 2.89 bits per heavy atom. The molecule has 3 rings (SSSR count). The summed E-state index contributed by atoms with van der Waals surface area (Å²) in [6.45, 7) is 0.898. The molecule has 1 aromatic rings. The second-order valence-electron chi connectivity index (χ2n) is 5.23. The molecule has 1 aliphatic heterocycles. The van der Waals surface area contributed by atoms with Crippen LogP contribution in [0.4, 0.5) is 5.82 Å². The van der Waals surface area contributed by atoms with E-state index in [1.54, 1.807) is 13.3 Å². The second kappa shape index (κ2) is 4.38. The Bertz CT molecular complexity index is 470. The van der Waals surface area contributed by atoms with E-state index in [0.29, 0.717) is 0 Å². The molecular formula is C13H17BrN2O2. The number of rotatable bonds is 1. The van der Waals surface area contributed by atoms with Crippen molar-refractivity contribution in [1.29, 1.82) is 0 Å². The first-order valence-electron chi connectivity index (χ1n) is 6.31. The van der Waals surface area contributed by atoms with Crippen LogP contribution in [0, 0.1) is 0 Å². The van der Waals surface area contributed by atoms with E-state index in [0.717, 1.165) is 48.3 Å². The van der Waals surface area contributed by atoms with Gasteiger partial charge in [0.15, 0.2) is 0 Å². The van der Waals surface area contributed by atoms with Gasteiger partial charge in [0.2, 0.25) is 0 Å². The molecule has 2 N–H and O–H groups in total. The molecule has 0 radical (unpaired) electrons. The molecule has 98 valence electrons. The van der Waals surface area contributed by atoms with Gasteiger partial charge in [-0.3, -0.25) is 0 Å². The predicted molar refractivity (Wildman–Crippen MR) is 73.1 cm³/mol. The molecular weight excluding hydrogens is 296 g/mol. The van der Waals surface area contributed by atoms with Gasteiger partial charge in [0.25, 0.3) is 0 Å². The van der Waals surface area contributed by atoms with E-state index in [9.17, 15) is 5.11 Å². The molecule has 0 aromatic carbocycles. The first-order chi connectivity index (χ1) is 8.66. The van der Waals surface area contributed by atoms with Crippen LogP contribution in [0.2, 0.25) is 0 Å². The molecule has 2 heterocycles. The summed E-state index contributed by atoms with van der Waals surface area (Å²) in [4.78, 5) is 4.44. The SMILES string of the molecule is COc1c(Br)cnc2c1[C@]1(CC[C@H](O)CC1)CN2. The van der Waals surface area contributed by atoms with Gasteiger partial charge in [0.05, 0.1) is 17.7 Å². The van der Waals surface area contributed by atoms with E-state index >= 15 is 0 Å². The number of methoxy groups -OCH3 is 1. The summed E-state index contributed by atoms with van der Waals surface area (Å²) in [7, 11) is 1.70. The molecule has 1 aromatic heterocycles. The summed E-state index contributed by atoms with van der Waals surface area (Å²) in [6, 6.07) is 0. The van der Waals surface area contributed by atoms with Crippen molar-refractivity contribution >= 4 is 21.7 Å². The van der Waals surface area contributed by atoms with Gasteiger partial charge in [-0.2, -0.15) is 0 Å². The molecule has 0 amide bonds. The fourth-order valence-corrected chi connectivity index (χ4v) is 3.68. The molecule has 4 nitrogen and oxygen atoms in total. The van der Waals surface area contributed by atoms with Crippen molar-refractivity contribution in [3.63, 3.8) is 0 Å². The number of aliphatic hydroxyl groups excluding tert-OH is 1. The number of hydrogen-bond acceptors (Lipinski definition) is 4. The third-order valence-electron chi connectivity index (χ3n) is 4.23. The molecule has 18 heavy (non-hydrogen) atoms. The van der Waals surface area contributed by atoms with Crippen LogP contribution in [-0.4, -0.2) is 29.8 Å². The lowest BCUT2D eigenvalue weighted by molar-refractivity contribution is 0.0999. The summed E-state index contributed by atoms with van der Waals surface area (Å²) in [5.41, 5.74) is 1.27. The molecule has 1 spiro atoms. The monoisotopic (exact) mass is 312 g/mol. The summed E-state index contributed by atoms with van der Waals surface area (Å²) >= 11 is 3.51. The van der Waals surface area contributed by atoms with Crippen molar-refractivity contribution in [3.05, 3.63) is 16.2 Å². The van der Waals surface area contributed by atoms with E-state index in [-0.39, 0.29) is 11.5 Å². The maximum absolute atomic E-state index is 9.71. The number of ether oxygens (including phenoxy) is 1. The van der Waals surface area contributed by atoms with Crippen molar-refractivity contribution in [2.45, 2.75) is 37.2 Å². The Morgan fingerprint density at radius 1 is 1.50 bits per heavy atom. The van der Waals surface area contributed by atoms with Crippen LogP contribution in [-0.2, 0) is 5.41 Å². The van der Waals surface area contributed by atoms with Gasteiger partial charge in [-0.1, -0.05) is 0 Å². The van der Waals surface area contributed by atoms with Crippen molar-refractivity contribution in [3.8, 4) is 5.75 Å². The van der Waals surface area contributed by atoms with Crippen molar-refractivity contribution in [2.75, 3.05) is 19.0 Å². The number of nitrogens with zero attached hydrogens (tertiary/aromatic N) is 1. The smallest absolute Gasteiger partial charge is 0.142 e. The number of nitrogens with one attached hydrogen (secondary N) is 1. The maximum Gasteiger partial charge on any atom is 0.142 e. The summed E-state index contributed by atoms with van der Waals surface area (Å²) in [6.07, 6.45) is 5.33. The highest BCUT2D eigenvalue weighted by atomic mass is 79.9. The van der Waals surface area contributed by atoms with Crippen LogP contribution in [0.1, 0.15) is 31.2 Å². The molecule has 1 aliphatic carbocycles. The zero-order chi connectivity index (χ0) is 12.8. The fourth-order valence-electron chi connectivity index (χ4n) is 3.22. The van der Waals surface area contributed by atoms with Crippen molar-refractivity contribution in [2.24, 2.45) is 0 Å². The summed E-state index contributed by atoms with van der Waals surface area (Å²) < 4.78 is 6.45. The largest absolute Gasteiger partial charge is 0.495 e. The third-order valence-corrected chi connectivity index (χ3v) is 4.79. The number of hydrogen-bond donors (Lipinski definition) is 2. The van der Waals surface area contributed by atoms with Gasteiger partial charge in [-0.25, -0.2) is 4.98 Å². The number of pyridine rings is 1. The van der Waals surface area contributed by atoms with E-state index < -0.39 is 0 Å². The van der Waals surface area contributed by atoms with Gasteiger partial charge in [-0.15, -0.1) is 0 Å². The number of anilines is 1. The highest BCUT2D eigenvalue weighted by Crippen LogP contribution is 2.51. The molecule has 1 saturated carbocycles. The van der Waals surface area contributed by atoms with Crippen LogP contribution in [0.5, 0.6) is 5.75 Å². The van der Waals surface area contributed by atoms with Crippen LogP contribution < -0.4 is 10.1 Å². The average Bonchev–Trinajstić information content (AvgIpc) is 2.73. The van der Waals surface area contributed by atoms with Gasteiger partial charge in [-0.05, 0) is 41.6 Å². The topological polar surface area (TPSA) is 54.4 Å². The molecule has 1 fully saturated rings. The summed E-state index contributed by atoms with van der Waals surface area (Å²) in [5, 5.41) is 13.1. The quantitative estimate of drug-likeness (QED) is 0.836. The minimum absolute atomic E-state index is 0.0800. The van der Waals surface area contributed by atoms with Crippen LogP contribution >= 0.6 is 15.9 Å². The molecule has 0 saturated heterocycles. The number of fused-ring (bicyclic) bond motifs is 2. The van der Waals surface area contributed by atoms with Gasteiger partial charge >= 0.3 is 0 Å². The van der Waals surface area contributed by atoms with Crippen molar-refractivity contribution in [1.82, 2.24) is 4.98 Å². The fraction of sp³-hybridized carbons (Fsp3) is 0.615. The van der Waals surface area contributed by atoms with E-state index in [1.165, 1.54) is 5.56 Å². The standard InChI is InChI=1S/C13H17BrN2O2/c1-18-11-9(14)6-15-12-10(11)13(7-16-12)4-2-8(17)3-5-13/h6,8,17H,2-5,7H2,1H3,(H,15,16)/t8-,13-. The van der Waals surface area contributed by atoms with E-state index in [2.05, 4.69) is 26.2 Å². The average molecular weight is 313 g/mol. The minimum atomic E-state index is -0.147. The normalized spacial score (nSPS) is 30.1. The van der Waals surface area contributed by atoms with Crippen LogP contribution in [0.25, 0.3) is 0 Å². The van der Waals surface area contributed by atoms with E-state index in [1.807, 2.05) is 0 Å². The summed E-state index contributed by atoms with van der Waals surface area (Å²) in [5.74, 6) is 1.83. The Morgan fingerprint density at radius 2 is 2.22 bits per heavy atom. The highest BCUT2D eigenvalue weighted by molar-refractivity contribution is 9.10. The first-order valence-corrected chi connectivity index (χ1v) is 7.10. The zero-order valence-corrected chi connectivity index (χ0v) is 12.0. The van der Waals surface area contributed by atoms with Gasteiger partial charge < -0.3 is 15.2 Å². The van der Waals surface area contributed by atoms with Gasteiger partial charge in [0.1, 0.15) is 11.6 Å². The Balaban J connectivity index is 2.07. The maximum atomic E-state index is 9.71. The Labute approximate surface area is 115 Å². The lowest BCUT2D eigenvalue weighted by Crippen LogP contribution is -2.35. The molecule has 0 unspecified atom stereocenters. The zero-order valence-electron chi connectivity index (χ0n) is 10.4. The second-order valence-corrected chi connectivity index (χ2v) is 6.08. The molecule has 0 bridgehead atoms. The Hall–Kier alpha value is -0.810. The lowest BCUT2D eigenvalue weighted by atomic mass is 9.70. The van der Waals surface area contributed by atoms with E-state index in [4.69, 9.17) is 4.74 Å². The molecule has 5 heteroatoms. The molecule has 0 atom stereocenters. The molecule has 2 aliphatic rings. The lowest BCUT2D eigenvalue weighted by Gasteiger charge is -2.36. The first kappa shape index (κ1) is 12.2. The number of aromatic nitrogens is 1. The third kappa shape index (κ3) is 1.72. The minimum Gasteiger partial charge on any atom is -0.495 e. The Kier molecular flexibility index (Phi) is 2.98. The van der Waals surface area contributed by atoms with Crippen LogP contribution in [0.3, 0.4) is 0 Å². The van der Waals surface area contributed by atoms with Crippen LogP contribution in [0.15, 0.2) is 10.7 Å². The van der Waals surface area contributed by atoms with Crippen molar-refractivity contribution < 1.29 is 9.84 Å². The van der Waals surface area contributed by atoms with Gasteiger partial charge in [0, 0.05) is 23.7 Å². The number of halogens is 1. The predicted octanol–water partition coefficient (Wildman–Crippen LogP) is 2.45. The number of aliphatic hydroxyl groups is 1.